The van der Waals surface area contributed by atoms with Crippen LogP contribution in [0.2, 0.25) is 0 Å². The van der Waals surface area contributed by atoms with E-state index in [9.17, 15) is 4.79 Å². The van der Waals surface area contributed by atoms with Crippen molar-refractivity contribution in [3.05, 3.63) is 24.0 Å². The van der Waals surface area contributed by atoms with Crippen molar-refractivity contribution in [2.24, 2.45) is 7.05 Å². The summed E-state index contributed by atoms with van der Waals surface area (Å²) in [4.78, 5) is 15.9. The highest BCUT2D eigenvalue weighted by molar-refractivity contribution is 5.69. The quantitative estimate of drug-likeness (QED) is 0.828. The van der Waals surface area contributed by atoms with Crippen LogP contribution in [-0.4, -0.2) is 52.7 Å². The standard InChI is InChI=1S/C14H21N3O2/c1-15-6-2-3-13(15)11-16-7-4-12(5-8-16)17-9-10-19-14(17)18/h2-3,6,12H,4-5,7-11H2,1H3. The van der Waals surface area contributed by atoms with Crippen LogP contribution in [0.5, 0.6) is 0 Å². The van der Waals surface area contributed by atoms with Gasteiger partial charge >= 0.3 is 6.09 Å². The third kappa shape index (κ3) is 2.61. The van der Waals surface area contributed by atoms with Crippen LogP contribution in [0, 0.1) is 0 Å². The third-order valence-corrected chi connectivity index (χ3v) is 4.23. The molecule has 3 heterocycles. The molecule has 0 aliphatic carbocycles. The van der Waals surface area contributed by atoms with E-state index in [0.717, 1.165) is 39.0 Å². The lowest BCUT2D eigenvalue weighted by Crippen LogP contribution is -2.45. The molecule has 1 aromatic heterocycles. The largest absolute Gasteiger partial charge is 0.448 e. The van der Waals surface area contributed by atoms with E-state index in [4.69, 9.17) is 4.74 Å². The number of hydrogen-bond acceptors (Lipinski definition) is 3. The van der Waals surface area contributed by atoms with Crippen molar-refractivity contribution < 1.29 is 9.53 Å². The van der Waals surface area contributed by atoms with E-state index in [1.165, 1.54) is 5.69 Å². The van der Waals surface area contributed by atoms with Crippen molar-refractivity contribution in [1.29, 1.82) is 0 Å². The van der Waals surface area contributed by atoms with Gasteiger partial charge in [0.1, 0.15) is 6.61 Å². The molecular weight excluding hydrogens is 242 g/mol. The number of amides is 1. The van der Waals surface area contributed by atoms with Crippen LogP contribution in [0.25, 0.3) is 0 Å². The Bertz CT molecular complexity index is 449. The van der Waals surface area contributed by atoms with Gasteiger partial charge in [-0.25, -0.2) is 4.79 Å². The first kappa shape index (κ1) is 12.5. The first-order valence-corrected chi connectivity index (χ1v) is 7.00. The highest BCUT2D eigenvalue weighted by atomic mass is 16.6. The van der Waals surface area contributed by atoms with Gasteiger partial charge in [0.2, 0.25) is 0 Å². The summed E-state index contributed by atoms with van der Waals surface area (Å²) in [5.41, 5.74) is 1.35. The Kier molecular flexibility index (Phi) is 3.46. The summed E-state index contributed by atoms with van der Waals surface area (Å²) in [5, 5.41) is 0. The molecule has 2 saturated heterocycles. The number of nitrogens with zero attached hydrogens (tertiary/aromatic N) is 3. The molecular formula is C14H21N3O2. The fourth-order valence-corrected chi connectivity index (χ4v) is 3.02. The summed E-state index contributed by atoms with van der Waals surface area (Å²) in [6.45, 7) is 4.43. The van der Waals surface area contributed by atoms with E-state index in [2.05, 4.69) is 34.8 Å². The summed E-state index contributed by atoms with van der Waals surface area (Å²) in [7, 11) is 2.09. The summed E-state index contributed by atoms with van der Waals surface area (Å²) < 4.78 is 7.19. The topological polar surface area (TPSA) is 37.7 Å². The number of rotatable bonds is 3. The van der Waals surface area contributed by atoms with Gasteiger partial charge in [-0.1, -0.05) is 0 Å². The molecule has 0 saturated carbocycles. The lowest BCUT2D eigenvalue weighted by atomic mass is 10.0. The zero-order chi connectivity index (χ0) is 13.2. The lowest BCUT2D eigenvalue weighted by Gasteiger charge is -2.35. The normalized spacial score (nSPS) is 21.9. The minimum atomic E-state index is -0.124. The minimum absolute atomic E-state index is 0.124. The molecule has 5 heteroatoms. The lowest BCUT2D eigenvalue weighted by molar-refractivity contribution is 0.114. The van der Waals surface area contributed by atoms with Crippen molar-refractivity contribution >= 4 is 6.09 Å². The third-order valence-electron chi connectivity index (χ3n) is 4.23. The maximum absolute atomic E-state index is 11.5. The zero-order valence-corrected chi connectivity index (χ0v) is 11.4. The van der Waals surface area contributed by atoms with Crippen molar-refractivity contribution in [3.8, 4) is 0 Å². The molecule has 1 amide bonds. The van der Waals surface area contributed by atoms with Crippen LogP contribution in [-0.2, 0) is 18.3 Å². The fourth-order valence-electron chi connectivity index (χ4n) is 3.02. The Morgan fingerprint density at radius 1 is 1.32 bits per heavy atom. The number of carbonyl (C=O) groups excluding carboxylic acids is 1. The highest BCUT2D eigenvalue weighted by Gasteiger charge is 2.32. The van der Waals surface area contributed by atoms with E-state index in [0.29, 0.717) is 12.6 Å². The van der Waals surface area contributed by atoms with Crippen molar-refractivity contribution in [2.45, 2.75) is 25.4 Å². The molecule has 0 radical (unpaired) electrons. The Morgan fingerprint density at radius 3 is 2.68 bits per heavy atom. The van der Waals surface area contributed by atoms with Crippen LogP contribution >= 0.6 is 0 Å². The molecule has 2 aliphatic rings. The smallest absolute Gasteiger partial charge is 0.410 e. The van der Waals surface area contributed by atoms with Gasteiger partial charge in [0.05, 0.1) is 6.54 Å². The van der Waals surface area contributed by atoms with Crippen LogP contribution in [0.4, 0.5) is 4.79 Å². The molecule has 0 atom stereocenters. The van der Waals surface area contributed by atoms with Gasteiger partial charge in [0, 0.05) is 44.6 Å². The number of carbonyl (C=O) groups is 1. The van der Waals surface area contributed by atoms with E-state index >= 15 is 0 Å². The highest BCUT2D eigenvalue weighted by Crippen LogP contribution is 2.21. The Balaban J connectivity index is 1.52. The van der Waals surface area contributed by atoms with Crippen LogP contribution in [0.1, 0.15) is 18.5 Å². The molecule has 2 aliphatic heterocycles. The van der Waals surface area contributed by atoms with Crippen molar-refractivity contribution in [3.63, 3.8) is 0 Å². The second-order valence-electron chi connectivity index (χ2n) is 5.43. The van der Waals surface area contributed by atoms with Gasteiger partial charge in [-0.15, -0.1) is 0 Å². The van der Waals surface area contributed by atoms with Crippen molar-refractivity contribution in [1.82, 2.24) is 14.4 Å². The zero-order valence-electron chi connectivity index (χ0n) is 11.4. The second kappa shape index (κ2) is 5.25. The summed E-state index contributed by atoms with van der Waals surface area (Å²) in [5.74, 6) is 0. The van der Waals surface area contributed by atoms with Gasteiger partial charge in [0.25, 0.3) is 0 Å². The summed E-state index contributed by atoms with van der Waals surface area (Å²) in [6, 6.07) is 4.63. The van der Waals surface area contributed by atoms with Crippen LogP contribution < -0.4 is 0 Å². The predicted octanol–water partition coefficient (Wildman–Crippen LogP) is 1.44. The first-order valence-electron chi connectivity index (χ1n) is 7.00. The fraction of sp³-hybridized carbons (Fsp3) is 0.643. The molecule has 104 valence electrons. The number of likely N-dealkylation sites (tertiary alicyclic amines) is 1. The number of aromatic nitrogens is 1. The molecule has 2 fully saturated rings. The molecule has 0 unspecified atom stereocenters. The second-order valence-corrected chi connectivity index (χ2v) is 5.43. The molecule has 5 nitrogen and oxygen atoms in total. The van der Waals surface area contributed by atoms with E-state index in [1.54, 1.807) is 0 Å². The van der Waals surface area contributed by atoms with Crippen LogP contribution in [0.15, 0.2) is 18.3 Å². The van der Waals surface area contributed by atoms with Gasteiger partial charge in [-0.3, -0.25) is 4.90 Å². The molecule has 0 aromatic carbocycles. The SMILES string of the molecule is Cn1cccc1CN1CCC(N2CCOC2=O)CC1. The Morgan fingerprint density at radius 2 is 2.11 bits per heavy atom. The number of hydrogen-bond donors (Lipinski definition) is 0. The number of piperidine rings is 1. The summed E-state index contributed by atoms with van der Waals surface area (Å²) >= 11 is 0. The number of aryl methyl sites for hydroxylation is 1. The van der Waals surface area contributed by atoms with Gasteiger partial charge < -0.3 is 14.2 Å². The maximum Gasteiger partial charge on any atom is 0.410 e. The Labute approximate surface area is 113 Å². The molecule has 0 spiro atoms. The van der Waals surface area contributed by atoms with Gasteiger partial charge in [-0.05, 0) is 25.0 Å². The number of cyclic esters (lactones) is 1. The molecule has 19 heavy (non-hydrogen) atoms. The average Bonchev–Trinajstić information content (AvgIpc) is 3.00. The van der Waals surface area contributed by atoms with Crippen molar-refractivity contribution in [2.75, 3.05) is 26.2 Å². The molecule has 1 aromatic rings. The monoisotopic (exact) mass is 263 g/mol. The maximum atomic E-state index is 11.5. The Hall–Kier alpha value is -1.49. The van der Waals surface area contributed by atoms with E-state index < -0.39 is 0 Å². The molecule has 0 N–H and O–H groups in total. The van der Waals surface area contributed by atoms with E-state index in [-0.39, 0.29) is 6.09 Å². The number of ether oxygens (including phenoxy) is 1. The van der Waals surface area contributed by atoms with Gasteiger partial charge in [0.15, 0.2) is 0 Å². The average molecular weight is 263 g/mol. The predicted molar refractivity (Wildman–Crippen MR) is 71.8 cm³/mol. The summed E-state index contributed by atoms with van der Waals surface area (Å²) in [6.07, 6.45) is 4.07. The molecule has 0 bridgehead atoms. The molecule has 3 rings (SSSR count). The minimum Gasteiger partial charge on any atom is -0.448 e. The van der Waals surface area contributed by atoms with E-state index in [1.807, 2.05) is 4.90 Å². The van der Waals surface area contributed by atoms with Crippen LogP contribution in [0.3, 0.4) is 0 Å². The van der Waals surface area contributed by atoms with Gasteiger partial charge in [-0.2, -0.15) is 0 Å². The first-order chi connectivity index (χ1) is 9.24.